The molecule has 0 unspecified atom stereocenters. The molecule has 0 aliphatic heterocycles. The number of hydrogen-bond acceptors (Lipinski definition) is 7. The van der Waals surface area contributed by atoms with E-state index >= 15 is 0 Å². The molecule has 0 bridgehead atoms. The van der Waals surface area contributed by atoms with Crippen LogP contribution in [-0.4, -0.2) is 20.2 Å². The second kappa shape index (κ2) is 10.7. The van der Waals surface area contributed by atoms with Crippen molar-refractivity contribution in [3.63, 3.8) is 0 Å². The average Bonchev–Trinajstić information content (AvgIpc) is 3.26. The van der Waals surface area contributed by atoms with Gasteiger partial charge in [-0.1, -0.05) is 38.1 Å². The van der Waals surface area contributed by atoms with Crippen LogP contribution in [0.5, 0.6) is 0 Å². The first-order valence-corrected chi connectivity index (χ1v) is 12.4. The summed E-state index contributed by atoms with van der Waals surface area (Å²) in [6.45, 7) is 7.72. The number of non-ortho nitro benzene ring substituents is 1. The Bertz CT molecular complexity index is 1570. The first kappa shape index (κ1) is 25.6. The van der Waals surface area contributed by atoms with E-state index in [9.17, 15) is 20.2 Å². The fourth-order valence-corrected chi connectivity index (χ4v) is 4.56. The van der Waals surface area contributed by atoms with E-state index < -0.39 is 9.85 Å². The van der Waals surface area contributed by atoms with Crippen molar-refractivity contribution in [3.8, 4) is 11.3 Å². The van der Waals surface area contributed by atoms with Gasteiger partial charge in [-0.05, 0) is 49.6 Å². The molecule has 0 N–H and O–H groups in total. The predicted molar refractivity (Wildman–Crippen MR) is 146 cm³/mol. The maximum absolute atomic E-state index is 11.5. The highest BCUT2D eigenvalue weighted by Crippen LogP contribution is 2.25. The summed E-state index contributed by atoms with van der Waals surface area (Å²) < 4.78 is 1.67. The largest absolute Gasteiger partial charge is 0.272 e. The molecule has 0 amide bonds. The van der Waals surface area contributed by atoms with Crippen LogP contribution < -0.4 is 4.80 Å². The highest BCUT2D eigenvalue weighted by molar-refractivity contribution is 7.07. The molecule has 4 aromatic rings. The summed E-state index contributed by atoms with van der Waals surface area (Å²) in [6, 6.07) is 19.2. The van der Waals surface area contributed by atoms with Crippen molar-refractivity contribution in [2.45, 2.75) is 33.6 Å². The molecule has 37 heavy (non-hydrogen) atoms. The fourth-order valence-electron chi connectivity index (χ4n) is 3.71. The molecule has 0 atom stereocenters. The lowest BCUT2D eigenvalue weighted by molar-refractivity contribution is -0.385. The minimum absolute atomic E-state index is 0.00710. The molecule has 0 saturated heterocycles. The van der Waals surface area contributed by atoms with Gasteiger partial charge in [-0.15, -0.1) is 11.3 Å². The van der Waals surface area contributed by atoms with Gasteiger partial charge in [0.2, 0.25) is 4.80 Å². The van der Waals surface area contributed by atoms with Crippen LogP contribution in [0.1, 0.15) is 43.4 Å². The maximum atomic E-state index is 11.5. The smallest absolute Gasteiger partial charge is 0.258 e. The van der Waals surface area contributed by atoms with E-state index in [0.717, 1.165) is 11.3 Å². The number of nitro benzene ring substituents is 2. The van der Waals surface area contributed by atoms with Crippen molar-refractivity contribution in [1.29, 1.82) is 0 Å². The third-order valence-corrected chi connectivity index (χ3v) is 6.73. The molecule has 1 heterocycles. The summed E-state index contributed by atoms with van der Waals surface area (Å²) in [5.41, 5.74) is 5.13. The molecule has 4 rings (SSSR count). The van der Waals surface area contributed by atoms with Gasteiger partial charge in [0.1, 0.15) is 0 Å². The van der Waals surface area contributed by atoms with Crippen LogP contribution in [0, 0.1) is 27.2 Å². The van der Waals surface area contributed by atoms with Crippen LogP contribution >= 0.6 is 11.3 Å². The molecule has 10 heteroatoms. The Morgan fingerprint density at radius 2 is 1.62 bits per heavy atom. The summed E-state index contributed by atoms with van der Waals surface area (Å²) in [5, 5.41) is 29.2. The lowest BCUT2D eigenvalue weighted by Gasteiger charge is -2.08. The van der Waals surface area contributed by atoms with Crippen molar-refractivity contribution >= 4 is 34.1 Å². The molecule has 3 aromatic carbocycles. The molecule has 0 spiro atoms. The topological polar surface area (TPSA) is 116 Å². The third-order valence-electron chi connectivity index (χ3n) is 5.92. The highest BCUT2D eigenvalue weighted by Gasteiger charge is 2.15. The number of nitro groups is 2. The number of hydrogen-bond donors (Lipinski definition) is 0. The minimum atomic E-state index is -0.445. The summed E-state index contributed by atoms with van der Waals surface area (Å²) in [6.07, 6.45) is 0. The summed E-state index contributed by atoms with van der Waals surface area (Å²) in [7, 11) is 0. The van der Waals surface area contributed by atoms with Gasteiger partial charge < -0.3 is 0 Å². The van der Waals surface area contributed by atoms with E-state index in [1.54, 1.807) is 42.8 Å². The molecule has 0 radical (unpaired) electrons. The molecule has 0 saturated carbocycles. The van der Waals surface area contributed by atoms with Gasteiger partial charge in [0, 0.05) is 40.3 Å². The molecule has 1 aromatic heterocycles. The van der Waals surface area contributed by atoms with E-state index in [0.29, 0.717) is 33.3 Å². The predicted octanol–water partition coefficient (Wildman–Crippen LogP) is 6.97. The van der Waals surface area contributed by atoms with Gasteiger partial charge in [-0.2, -0.15) is 5.10 Å². The van der Waals surface area contributed by atoms with Crippen molar-refractivity contribution < 1.29 is 9.85 Å². The van der Waals surface area contributed by atoms with Gasteiger partial charge in [-0.3, -0.25) is 20.2 Å². The van der Waals surface area contributed by atoms with Gasteiger partial charge in [0.15, 0.2) is 0 Å². The van der Waals surface area contributed by atoms with Crippen LogP contribution in [0.25, 0.3) is 11.3 Å². The Morgan fingerprint density at radius 1 is 0.946 bits per heavy atom. The lowest BCUT2D eigenvalue weighted by Crippen LogP contribution is -2.14. The number of nitrogens with zero attached hydrogens (tertiary/aromatic N) is 5. The van der Waals surface area contributed by atoms with Crippen LogP contribution in [0.15, 0.2) is 82.2 Å². The summed E-state index contributed by atoms with van der Waals surface area (Å²) >= 11 is 1.38. The SMILES string of the molecule is CC(=Nn1c(-c2ccc([N+](=O)[O-])cc2)csc1=Nc1ccc(C(C)C)cc1)c1ccc(C)c([N+](=O)[O-])c1. The lowest BCUT2D eigenvalue weighted by atomic mass is 10.0. The van der Waals surface area contributed by atoms with Gasteiger partial charge in [0.25, 0.3) is 11.4 Å². The molecular weight excluding hydrogens is 490 g/mol. The van der Waals surface area contributed by atoms with Gasteiger partial charge >= 0.3 is 0 Å². The molecule has 0 aliphatic rings. The van der Waals surface area contributed by atoms with Crippen molar-refractivity contribution in [2.24, 2.45) is 10.1 Å². The molecule has 0 aliphatic carbocycles. The van der Waals surface area contributed by atoms with E-state index in [4.69, 9.17) is 10.1 Å². The quantitative estimate of drug-likeness (QED) is 0.150. The Balaban J connectivity index is 1.86. The third kappa shape index (κ3) is 5.70. The monoisotopic (exact) mass is 515 g/mol. The molecule has 188 valence electrons. The second-order valence-corrected chi connectivity index (χ2v) is 9.66. The van der Waals surface area contributed by atoms with Crippen LogP contribution in [0.2, 0.25) is 0 Å². The summed E-state index contributed by atoms with van der Waals surface area (Å²) in [5.74, 6) is 0.403. The Hall–Kier alpha value is -4.44. The van der Waals surface area contributed by atoms with Crippen molar-refractivity contribution in [2.75, 3.05) is 0 Å². The average molecular weight is 516 g/mol. The van der Waals surface area contributed by atoms with Crippen LogP contribution in [0.3, 0.4) is 0 Å². The number of aryl methyl sites for hydroxylation is 1. The van der Waals surface area contributed by atoms with E-state index in [1.165, 1.54) is 35.1 Å². The number of thiazole rings is 1. The van der Waals surface area contributed by atoms with E-state index in [2.05, 4.69) is 13.8 Å². The summed E-state index contributed by atoms with van der Waals surface area (Å²) in [4.78, 5) is 27.1. The van der Waals surface area contributed by atoms with Crippen LogP contribution in [0.4, 0.5) is 17.1 Å². The molecular formula is C27H25N5O4S. The zero-order valence-electron chi connectivity index (χ0n) is 20.8. The number of aromatic nitrogens is 1. The number of benzene rings is 3. The van der Waals surface area contributed by atoms with Gasteiger partial charge in [-0.25, -0.2) is 9.67 Å². The minimum Gasteiger partial charge on any atom is -0.258 e. The standard InChI is InChI=1S/C27H25N5O4S/c1-17(2)20-7-11-23(12-8-20)28-27-30(26(16-37-27)21-9-13-24(14-10-21)31(33)34)29-19(4)22-6-5-18(3)25(15-22)32(35)36/h5-17H,1-4H3. The zero-order valence-corrected chi connectivity index (χ0v) is 21.6. The zero-order chi connectivity index (χ0) is 26.7. The maximum Gasteiger partial charge on any atom is 0.272 e. The Kier molecular flexibility index (Phi) is 7.40. The Labute approximate surface area is 217 Å². The number of rotatable bonds is 7. The van der Waals surface area contributed by atoms with E-state index in [1.807, 2.05) is 29.6 Å². The van der Waals surface area contributed by atoms with Gasteiger partial charge in [0.05, 0.1) is 26.9 Å². The normalized spacial score (nSPS) is 12.2. The second-order valence-electron chi connectivity index (χ2n) is 8.82. The molecule has 0 fully saturated rings. The first-order chi connectivity index (χ1) is 17.6. The van der Waals surface area contributed by atoms with E-state index in [-0.39, 0.29) is 11.4 Å². The Morgan fingerprint density at radius 3 is 2.22 bits per heavy atom. The van der Waals surface area contributed by atoms with Crippen molar-refractivity contribution in [1.82, 2.24) is 4.68 Å². The highest BCUT2D eigenvalue weighted by atomic mass is 32.1. The fraction of sp³-hybridized carbons (Fsp3) is 0.185. The van der Waals surface area contributed by atoms with Crippen LogP contribution in [-0.2, 0) is 0 Å². The first-order valence-electron chi connectivity index (χ1n) is 11.5. The van der Waals surface area contributed by atoms with Crippen molar-refractivity contribution in [3.05, 3.63) is 114 Å². The molecule has 9 nitrogen and oxygen atoms in total.